The topological polar surface area (TPSA) is 63.4 Å². The second-order valence-corrected chi connectivity index (χ2v) is 7.82. The van der Waals surface area contributed by atoms with E-state index in [2.05, 4.69) is 0 Å². The zero-order valence-corrected chi connectivity index (χ0v) is 13.8. The Hall–Kier alpha value is -0.910. The van der Waals surface area contributed by atoms with E-state index in [1.54, 1.807) is 10.4 Å². The lowest BCUT2D eigenvalue weighted by Crippen LogP contribution is -2.44. The van der Waals surface area contributed by atoms with Gasteiger partial charge in [-0.05, 0) is 38.3 Å². The highest BCUT2D eigenvalue weighted by molar-refractivity contribution is 7.89. The van der Waals surface area contributed by atoms with Gasteiger partial charge in [-0.1, -0.05) is 37.0 Å². The molecule has 1 aromatic carbocycles. The van der Waals surface area contributed by atoms with Crippen LogP contribution in [-0.2, 0) is 10.0 Å². The number of aryl methyl sites for hydroxylation is 2. The van der Waals surface area contributed by atoms with Crippen molar-refractivity contribution >= 4 is 10.0 Å². The average Bonchev–Trinajstić information content (AvgIpc) is 2.45. The van der Waals surface area contributed by atoms with Crippen molar-refractivity contribution in [3.8, 4) is 0 Å². The molecule has 5 heteroatoms. The van der Waals surface area contributed by atoms with Gasteiger partial charge in [0.2, 0.25) is 10.0 Å². The predicted octanol–water partition coefficient (Wildman–Crippen LogP) is 2.59. The lowest BCUT2D eigenvalue weighted by molar-refractivity contribution is 0.257. The Balaban J connectivity index is 2.36. The number of nitrogens with zero attached hydrogens (tertiary/aromatic N) is 1. The van der Waals surface area contributed by atoms with E-state index in [1.165, 1.54) is 6.42 Å². The summed E-state index contributed by atoms with van der Waals surface area (Å²) >= 11 is 0. The van der Waals surface area contributed by atoms with Crippen molar-refractivity contribution in [3.05, 3.63) is 29.3 Å². The molecule has 1 aromatic rings. The highest BCUT2D eigenvalue weighted by atomic mass is 32.2. The molecule has 1 fully saturated rings. The van der Waals surface area contributed by atoms with Crippen molar-refractivity contribution in [2.75, 3.05) is 13.1 Å². The first-order chi connectivity index (χ1) is 9.96. The van der Waals surface area contributed by atoms with Crippen LogP contribution in [0.2, 0.25) is 0 Å². The number of rotatable bonds is 5. The summed E-state index contributed by atoms with van der Waals surface area (Å²) in [4.78, 5) is 0.423. The third kappa shape index (κ3) is 3.65. The van der Waals surface area contributed by atoms with Crippen molar-refractivity contribution in [1.29, 1.82) is 0 Å². The van der Waals surface area contributed by atoms with Gasteiger partial charge in [0, 0.05) is 19.1 Å². The summed E-state index contributed by atoms with van der Waals surface area (Å²) in [6.45, 7) is 4.60. The molecule has 0 atom stereocenters. The van der Waals surface area contributed by atoms with Gasteiger partial charge in [-0.2, -0.15) is 4.31 Å². The summed E-state index contributed by atoms with van der Waals surface area (Å²) in [6, 6.07) is 5.62. The Morgan fingerprint density at radius 2 is 1.86 bits per heavy atom. The van der Waals surface area contributed by atoms with Gasteiger partial charge >= 0.3 is 0 Å². The summed E-state index contributed by atoms with van der Waals surface area (Å²) in [6.07, 6.45) is 5.31. The minimum Gasteiger partial charge on any atom is -0.329 e. The van der Waals surface area contributed by atoms with E-state index in [1.807, 2.05) is 26.0 Å². The Labute approximate surface area is 128 Å². The van der Waals surface area contributed by atoms with E-state index < -0.39 is 10.0 Å². The van der Waals surface area contributed by atoms with Gasteiger partial charge in [-0.15, -0.1) is 0 Å². The molecule has 0 bridgehead atoms. The Bertz CT molecular complexity index is 578. The van der Waals surface area contributed by atoms with Crippen molar-refractivity contribution in [2.24, 2.45) is 5.73 Å². The molecular weight excluding hydrogens is 284 g/mol. The predicted molar refractivity (Wildman–Crippen MR) is 85.7 cm³/mol. The Morgan fingerprint density at radius 3 is 2.43 bits per heavy atom. The molecule has 0 heterocycles. The van der Waals surface area contributed by atoms with Gasteiger partial charge in [0.05, 0.1) is 4.90 Å². The van der Waals surface area contributed by atoms with Gasteiger partial charge in [0.15, 0.2) is 0 Å². The first kappa shape index (κ1) is 16.5. The second kappa shape index (κ2) is 6.90. The monoisotopic (exact) mass is 310 g/mol. The Kier molecular flexibility index (Phi) is 5.41. The molecule has 0 unspecified atom stereocenters. The van der Waals surface area contributed by atoms with Crippen LogP contribution in [0.3, 0.4) is 0 Å². The van der Waals surface area contributed by atoms with E-state index in [9.17, 15) is 8.42 Å². The number of hydrogen-bond donors (Lipinski definition) is 1. The van der Waals surface area contributed by atoms with Gasteiger partial charge in [-0.3, -0.25) is 0 Å². The van der Waals surface area contributed by atoms with E-state index in [4.69, 9.17) is 5.73 Å². The lowest BCUT2D eigenvalue weighted by atomic mass is 9.95. The molecule has 1 saturated carbocycles. The van der Waals surface area contributed by atoms with Crippen LogP contribution in [0, 0.1) is 13.8 Å². The molecule has 118 valence electrons. The summed E-state index contributed by atoms with van der Waals surface area (Å²) in [5.74, 6) is 0. The summed E-state index contributed by atoms with van der Waals surface area (Å²) < 4.78 is 27.7. The molecule has 0 saturated heterocycles. The highest BCUT2D eigenvalue weighted by Crippen LogP contribution is 2.29. The number of benzene rings is 1. The van der Waals surface area contributed by atoms with Crippen LogP contribution in [0.1, 0.15) is 43.2 Å². The molecule has 1 aliphatic carbocycles. The first-order valence-electron chi connectivity index (χ1n) is 7.76. The molecule has 0 aromatic heterocycles. The van der Waals surface area contributed by atoms with Crippen LogP contribution in [0.25, 0.3) is 0 Å². The van der Waals surface area contributed by atoms with Gasteiger partial charge < -0.3 is 5.73 Å². The van der Waals surface area contributed by atoms with Crippen LogP contribution in [0.4, 0.5) is 0 Å². The zero-order chi connectivity index (χ0) is 15.5. The fraction of sp³-hybridized carbons (Fsp3) is 0.625. The van der Waals surface area contributed by atoms with Crippen LogP contribution in [0.5, 0.6) is 0 Å². The molecule has 2 rings (SSSR count). The molecule has 0 aliphatic heterocycles. The van der Waals surface area contributed by atoms with Crippen molar-refractivity contribution < 1.29 is 8.42 Å². The minimum atomic E-state index is -3.46. The highest BCUT2D eigenvalue weighted by Gasteiger charge is 2.32. The van der Waals surface area contributed by atoms with Crippen LogP contribution in [-0.4, -0.2) is 31.9 Å². The molecule has 2 N–H and O–H groups in total. The maximum Gasteiger partial charge on any atom is 0.243 e. The van der Waals surface area contributed by atoms with Crippen LogP contribution in [0.15, 0.2) is 23.1 Å². The maximum absolute atomic E-state index is 13.0. The van der Waals surface area contributed by atoms with Crippen LogP contribution < -0.4 is 5.73 Å². The summed E-state index contributed by atoms with van der Waals surface area (Å²) in [7, 11) is -3.46. The SMILES string of the molecule is Cc1ccc(S(=O)(=O)N(CCN)C2CCCCC2)c(C)c1. The van der Waals surface area contributed by atoms with Gasteiger partial charge in [0.1, 0.15) is 0 Å². The van der Waals surface area contributed by atoms with E-state index in [0.29, 0.717) is 18.0 Å². The molecule has 21 heavy (non-hydrogen) atoms. The third-order valence-electron chi connectivity index (χ3n) is 4.25. The average molecular weight is 310 g/mol. The molecule has 0 spiro atoms. The molecule has 4 nitrogen and oxygen atoms in total. The normalized spacial score (nSPS) is 17.3. The fourth-order valence-electron chi connectivity index (χ4n) is 3.21. The minimum absolute atomic E-state index is 0.105. The number of sulfonamides is 1. The Morgan fingerprint density at radius 1 is 1.19 bits per heavy atom. The standard InChI is InChI=1S/C16H26N2O2S/c1-13-8-9-16(14(2)12-13)21(19,20)18(11-10-17)15-6-4-3-5-7-15/h8-9,12,15H,3-7,10-11,17H2,1-2H3. The van der Waals surface area contributed by atoms with Gasteiger partial charge in [0.25, 0.3) is 0 Å². The molecular formula is C16H26N2O2S. The van der Waals surface area contributed by atoms with Crippen LogP contribution >= 0.6 is 0 Å². The molecule has 0 amide bonds. The smallest absolute Gasteiger partial charge is 0.243 e. The molecule has 1 aliphatic rings. The van der Waals surface area contributed by atoms with Crippen molar-refractivity contribution in [2.45, 2.75) is 56.9 Å². The second-order valence-electron chi connectivity index (χ2n) is 5.97. The largest absolute Gasteiger partial charge is 0.329 e. The van der Waals surface area contributed by atoms with Crippen molar-refractivity contribution in [3.63, 3.8) is 0 Å². The quantitative estimate of drug-likeness (QED) is 0.909. The van der Waals surface area contributed by atoms with E-state index in [0.717, 1.165) is 36.8 Å². The van der Waals surface area contributed by atoms with E-state index in [-0.39, 0.29) is 6.04 Å². The summed E-state index contributed by atoms with van der Waals surface area (Å²) in [5, 5.41) is 0. The first-order valence-corrected chi connectivity index (χ1v) is 9.20. The van der Waals surface area contributed by atoms with E-state index >= 15 is 0 Å². The number of nitrogens with two attached hydrogens (primary N) is 1. The summed E-state index contributed by atoms with van der Waals surface area (Å²) in [5.41, 5.74) is 7.56. The zero-order valence-electron chi connectivity index (χ0n) is 13.0. The van der Waals surface area contributed by atoms with Crippen molar-refractivity contribution in [1.82, 2.24) is 4.31 Å². The number of hydrogen-bond acceptors (Lipinski definition) is 3. The maximum atomic E-state index is 13.0. The third-order valence-corrected chi connectivity index (χ3v) is 6.36. The van der Waals surface area contributed by atoms with Gasteiger partial charge in [-0.25, -0.2) is 8.42 Å². The fourth-order valence-corrected chi connectivity index (χ4v) is 5.12. The molecule has 0 radical (unpaired) electrons. The lowest BCUT2D eigenvalue weighted by Gasteiger charge is -2.33.